The fourth-order valence-corrected chi connectivity index (χ4v) is 10.4. The number of aliphatic hydroxyl groups excluding tert-OH is 2. The van der Waals surface area contributed by atoms with Crippen molar-refractivity contribution in [2.24, 2.45) is 52.3 Å². The van der Waals surface area contributed by atoms with Gasteiger partial charge in [0.2, 0.25) is 5.91 Å². The Morgan fingerprint density at radius 3 is 2.58 bits per heavy atom. The molecule has 1 amide bonds. The molecule has 5 fully saturated rings. The number of carbonyl (C=O) groups excluding carboxylic acids is 1. The zero-order valence-corrected chi connectivity index (χ0v) is 23.3. The molecule has 206 valence electrons. The van der Waals surface area contributed by atoms with Crippen molar-refractivity contribution < 1.29 is 15.0 Å². The van der Waals surface area contributed by atoms with Gasteiger partial charge < -0.3 is 20.8 Å². The molecule has 4 aliphatic carbocycles. The van der Waals surface area contributed by atoms with Crippen molar-refractivity contribution in [2.75, 3.05) is 19.6 Å². The molecular weight excluding hydrogens is 448 g/mol. The summed E-state index contributed by atoms with van der Waals surface area (Å²) in [7, 11) is 0. The number of amides is 1. The number of rotatable bonds is 8. The summed E-state index contributed by atoms with van der Waals surface area (Å²) in [5, 5.41) is 28.4. The van der Waals surface area contributed by atoms with Crippen molar-refractivity contribution >= 4 is 5.91 Å². The Labute approximate surface area is 220 Å². The van der Waals surface area contributed by atoms with Crippen LogP contribution in [0, 0.1) is 52.3 Å². The third-order valence-electron chi connectivity index (χ3n) is 12.5. The fourth-order valence-electron chi connectivity index (χ4n) is 10.4. The van der Waals surface area contributed by atoms with E-state index in [0.717, 1.165) is 64.1 Å². The van der Waals surface area contributed by atoms with E-state index in [2.05, 4.69) is 31.4 Å². The molecule has 0 aromatic heterocycles. The average molecular weight is 503 g/mol. The van der Waals surface area contributed by atoms with E-state index in [1.807, 2.05) is 0 Å². The summed E-state index contributed by atoms with van der Waals surface area (Å²) < 4.78 is 0. The number of aliphatic hydroxyl groups is 2. The first-order valence-corrected chi connectivity index (χ1v) is 15.6. The van der Waals surface area contributed by atoms with Crippen LogP contribution >= 0.6 is 0 Å². The average Bonchev–Trinajstić information content (AvgIpc) is 3.49. The third kappa shape index (κ3) is 5.02. The summed E-state index contributed by atoms with van der Waals surface area (Å²) in [5.41, 5.74) is 0.589. The number of fused-ring (bicyclic) bond motifs is 5. The molecule has 0 aromatic carbocycles. The molecule has 5 nitrogen and oxygen atoms in total. The summed E-state index contributed by atoms with van der Waals surface area (Å²) in [4.78, 5) is 12.6. The summed E-state index contributed by atoms with van der Waals surface area (Å²) >= 11 is 0. The van der Waals surface area contributed by atoms with Crippen LogP contribution in [0.2, 0.25) is 0 Å². The van der Waals surface area contributed by atoms with Crippen LogP contribution in [0.3, 0.4) is 0 Å². The predicted molar refractivity (Wildman–Crippen MR) is 144 cm³/mol. The van der Waals surface area contributed by atoms with Gasteiger partial charge in [-0.1, -0.05) is 20.8 Å². The highest BCUT2D eigenvalue weighted by Gasteiger charge is 2.62. The minimum Gasteiger partial charge on any atom is -0.393 e. The predicted octanol–water partition coefficient (Wildman–Crippen LogP) is 4.90. The Bertz CT molecular complexity index is 769. The molecule has 1 unspecified atom stereocenters. The lowest BCUT2D eigenvalue weighted by Crippen LogP contribution is -2.58. The van der Waals surface area contributed by atoms with Crippen molar-refractivity contribution in [1.82, 2.24) is 10.6 Å². The van der Waals surface area contributed by atoms with Gasteiger partial charge in [0.1, 0.15) is 0 Å². The van der Waals surface area contributed by atoms with E-state index in [1.165, 1.54) is 38.5 Å². The molecule has 0 bridgehead atoms. The third-order valence-corrected chi connectivity index (χ3v) is 12.5. The van der Waals surface area contributed by atoms with Crippen molar-refractivity contribution in [2.45, 2.75) is 116 Å². The summed E-state index contributed by atoms with van der Waals surface area (Å²) in [5.74, 6) is 4.38. The SMILES string of the molecule is C[C@H](CCC(=O)NCCCC1CCNC1)[C@H]1CC[C@H]2[C@@H]3[C@@H](O)C[C@@H]4C[C@H](O)CC[C@]4(C)[C@H]3CC[C@]12C. The van der Waals surface area contributed by atoms with Gasteiger partial charge in [0, 0.05) is 13.0 Å². The van der Waals surface area contributed by atoms with Gasteiger partial charge in [-0.15, -0.1) is 0 Å². The molecule has 0 radical (unpaired) electrons. The van der Waals surface area contributed by atoms with Gasteiger partial charge in [0.25, 0.3) is 0 Å². The highest BCUT2D eigenvalue weighted by Crippen LogP contribution is 2.68. The van der Waals surface area contributed by atoms with E-state index in [-0.39, 0.29) is 18.1 Å². The van der Waals surface area contributed by atoms with Crippen LogP contribution in [-0.4, -0.2) is 48.0 Å². The van der Waals surface area contributed by atoms with Crippen molar-refractivity contribution in [3.63, 3.8) is 0 Å². The molecular formula is C31H54N2O3. The lowest BCUT2D eigenvalue weighted by atomic mass is 9.43. The zero-order valence-electron chi connectivity index (χ0n) is 23.3. The second-order valence-electron chi connectivity index (χ2n) is 14.3. The second-order valence-corrected chi connectivity index (χ2v) is 14.3. The number of carbonyl (C=O) groups is 1. The van der Waals surface area contributed by atoms with Gasteiger partial charge in [0.05, 0.1) is 12.2 Å². The van der Waals surface area contributed by atoms with Gasteiger partial charge in [-0.05, 0) is 142 Å². The Hall–Kier alpha value is -0.650. The van der Waals surface area contributed by atoms with E-state index < -0.39 is 0 Å². The van der Waals surface area contributed by atoms with Gasteiger partial charge in [-0.2, -0.15) is 0 Å². The standard InChI is InChI=1S/C31H54N2O3/c1-20(6-9-28(36)33-15-4-5-21-12-16-32-19-21)24-7-8-25-29-26(11-14-31(24,25)3)30(2)13-10-23(34)17-22(30)18-27(29)35/h20-27,29,32,34-35H,4-19H2,1-3H3,(H,33,36)/t20-,21?,22+,23-,24-,25+,26+,27+,29+,30+,31-/m1/s1. The van der Waals surface area contributed by atoms with E-state index >= 15 is 0 Å². The lowest BCUT2D eigenvalue weighted by molar-refractivity contribution is -0.174. The molecule has 0 aromatic rings. The second kappa shape index (κ2) is 10.8. The summed E-state index contributed by atoms with van der Waals surface area (Å²) in [6.07, 6.45) is 13.7. The Balaban J connectivity index is 1.14. The van der Waals surface area contributed by atoms with Crippen LogP contribution in [0.5, 0.6) is 0 Å². The minimum absolute atomic E-state index is 0.167. The van der Waals surface area contributed by atoms with Crippen LogP contribution in [0.4, 0.5) is 0 Å². The molecule has 5 rings (SSSR count). The normalized spacial score (nSPS) is 47.0. The maximum Gasteiger partial charge on any atom is 0.220 e. The van der Waals surface area contributed by atoms with Gasteiger partial charge in [0.15, 0.2) is 0 Å². The van der Waals surface area contributed by atoms with E-state index in [4.69, 9.17) is 0 Å². The molecule has 4 saturated carbocycles. The molecule has 0 spiro atoms. The Morgan fingerprint density at radius 1 is 1.03 bits per heavy atom. The molecule has 36 heavy (non-hydrogen) atoms. The highest BCUT2D eigenvalue weighted by molar-refractivity contribution is 5.75. The smallest absolute Gasteiger partial charge is 0.220 e. The van der Waals surface area contributed by atoms with Crippen molar-refractivity contribution in [3.8, 4) is 0 Å². The van der Waals surface area contributed by atoms with E-state index in [0.29, 0.717) is 52.8 Å². The highest BCUT2D eigenvalue weighted by atomic mass is 16.3. The van der Waals surface area contributed by atoms with E-state index in [9.17, 15) is 15.0 Å². The fraction of sp³-hybridized carbons (Fsp3) is 0.968. The van der Waals surface area contributed by atoms with Crippen LogP contribution in [0.1, 0.15) is 104 Å². The van der Waals surface area contributed by atoms with Gasteiger partial charge in [-0.25, -0.2) is 0 Å². The molecule has 11 atom stereocenters. The number of nitrogens with one attached hydrogen (secondary N) is 2. The largest absolute Gasteiger partial charge is 0.393 e. The number of hydrogen-bond donors (Lipinski definition) is 4. The minimum atomic E-state index is -0.206. The molecule has 5 aliphatic rings. The Kier molecular flexibility index (Phi) is 8.12. The first kappa shape index (κ1) is 26.9. The van der Waals surface area contributed by atoms with Gasteiger partial charge in [-0.3, -0.25) is 4.79 Å². The maximum absolute atomic E-state index is 12.6. The zero-order chi connectivity index (χ0) is 25.5. The topological polar surface area (TPSA) is 81.6 Å². The van der Waals surface area contributed by atoms with Crippen LogP contribution < -0.4 is 10.6 Å². The number of hydrogen-bond acceptors (Lipinski definition) is 4. The van der Waals surface area contributed by atoms with Crippen LogP contribution in [0.15, 0.2) is 0 Å². The quantitative estimate of drug-likeness (QED) is 0.356. The molecule has 5 heteroatoms. The van der Waals surface area contributed by atoms with Crippen LogP contribution in [0.25, 0.3) is 0 Å². The first-order chi connectivity index (χ1) is 17.2. The molecule has 1 heterocycles. The molecule has 4 N–H and O–H groups in total. The van der Waals surface area contributed by atoms with Gasteiger partial charge >= 0.3 is 0 Å². The molecule has 1 saturated heterocycles. The van der Waals surface area contributed by atoms with Crippen LogP contribution in [-0.2, 0) is 4.79 Å². The monoisotopic (exact) mass is 502 g/mol. The lowest BCUT2D eigenvalue weighted by Gasteiger charge is -2.62. The summed E-state index contributed by atoms with van der Waals surface area (Å²) in [6.45, 7) is 10.5. The molecule has 1 aliphatic heterocycles. The summed E-state index contributed by atoms with van der Waals surface area (Å²) in [6, 6.07) is 0. The van der Waals surface area contributed by atoms with Crippen molar-refractivity contribution in [3.05, 3.63) is 0 Å². The Morgan fingerprint density at radius 2 is 1.81 bits per heavy atom. The van der Waals surface area contributed by atoms with Crippen molar-refractivity contribution in [1.29, 1.82) is 0 Å². The van der Waals surface area contributed by atoms with E-state index in [1.54, 1.807) is 0 Å². The maximum atomic E-state index is 12.6. The first-order valence-electron chi connectivity index (χ1n) is 15.6.